The van der Waals surface area contributed by atoms with E-state index in [0.717, 1.165) is 4.90 Å². The summed E-state index contributed by atoms with van der Waals surface area (Å²) in [5.74, 6) is -0.420. The fourth-order valence-electron chi connectivity index (χ4n) is 2.19. The molecule has 0 spiro atoms. The largest absolute Gasteiger partial charge is 0.508 e. The highest BCUT2D eigenvalue weighted by Gasteiger charge is 2.37. The Balaban J connectivity index is 2.21. The molecule has 0 radical (unpaired) electrons. The summed E-state index contributed by atoms with van der Waals surface area (Å²) in [6.07, 6.45) is 1.66. The maximum absolute atomic E-state index is 12.2. The molecule has 110 valence electrons. The molecule has 1 aliphatic rings. The number of phenols is 1. The number of nitrogens with one attached hydrogen (secondary N) is 1. The molecular weight excluding hydrogens is 272 g/mol. The Bertz CT molecular complexity index is 619. The Morgan fingerprint density at radius 1 is 1.33 bits per heavy atom. The van der Waals surface area contributed by atoms with Gasteiger partial charge >= 0.3 is 6.03 Å². The van der Waals surface area contributed by atoms with E-state index in [-0.39, 0.29) is 23.7 Å². The van der Waals surface area contributed by atoms with Crippen LogP contribution in [0.15, 0.2) is 30.0 Å². The predicted molar refractivity (Wildman–Crippen MR) is 76.2 cm³/mol. The van der Waals surface area contributed by atoms with E-state index in [4.69, 9.17) is 0 Å². The highest BCUT2D eigenvalue weighted by molar-refractivity contribution is 6.14. The number of carbonyl (C=O) groups is 3. The molecule has 1 unspecified atom stereocenters. The fourth-order valence-corrected chi connectivity index (χ4v) is 2.19. The van der Waals surface area contributed by atoms with Crippen LogP contribution in [-0.2, 0) is 9.59 Å². The monoisotopic (exact) mass is 288 g/mol. The van der Waals surface area contributed by atoms with Gasteiger partial charge in [-0.2, -0.15) is 0 Å². The molecule has 6 heteroatoms. The Labute approximate surface area is 122 Å². The van der Waals surface area contributed by atoms with E-state index in [1.807, 2.05) is 0 Å². The Kier molecular flexibility index (Phi) is 4.07. The van der Waals surface area contributed by atoms with Crippen LogP contribution in [0, 0.1) is 0 Å². The van der Waals surface area contributed by atoms with Gasteiger partial charge in [0.15, 0.2) is 0 Å². The number of ketones is 1. The first-order valence-corrected chi connectivity index (χ1v) is 6.53. The zero-order chi connectivity index (χ0) is 15.6. The van der Waals surface area contributed by atoms with Crippen molar-refractivity contribution in [1.29, 1.82) is 0 Å². The number of nitrogens with zero attached hydrogens (tertiary/aromatic N) is 1. The van der Waals surface area contributed by atoms with E-state index in [0.29, 0.717) is 5.56 Å². The molecule has 0 aromatic heterocycles. The molecule has 1 heterocycles. The van der Waals surface area contributed by atoms with E-state index >= 15 is 0 Å². The summed E-state index contributed by atoms with van der Waals surface area (Å²) in [4.78, 5) is 36.3. The Morgan fingerprint density at radius 2 is 1.95 bits per heavy atom. The van der Waals surface area contributed by atoms with Crippen molar-refractivity contribution in [1.82, 2.24) is 10.2 Å². The van der Waals surface area contributed by atoms with Crippen LogP contribution in [0.2, 0.25) is 0 Å². The molecular formula is C15H16N2O4. The summed E-state index contributed by atoms with van der Waals surface area (Å²) in [6.45, 7) is 3.07. The second kappa shape index (κ2) is 5.78. The number of carbonyl (C=O) groups excluding carboxylic acids is 3. The number of rotatable bonds is 4. The second-order valence-corrected chi connectivity index (χ2v) is 5.01. The number of imide groups is 1. The van der Waals surface area contributed by atoms with Crippen LogP contribution in [0.5, 0.6) is 5.75 Å². The predicted octanol–water partition coefficient (Wildman–Crippen LogP) is 1.65. The van der Waals surface area contributed by atoms with Gasteiger partial charge < -0.3 is 10.4 Å². The molecule has 0 aliphatic carbocycles. The number of benzene rings is 1. The number of phenolic OH excluding ortho intramolecular Hbond substituents is 1. The maximum atomic E-state index is 12.2. The van der Waals surface area contributed by atoms with Crippen molar-refractivity contribution in [3.63, 3.8) is 0 Å². The van der Waals surface area contributed by atoms with Gasteiger partial charge in [0, 0.05) is 12.5 Å². The minimum atomic E-state index is -0.529. The molecule has 2 N–H and O–H groups in total. The van der Waals surface area contributed by atoms with Gasteiger partial charge in [-0.1, -0.05) is 12.1 Å². The zero-order valence-electron chi connectivity index (χ0n) is 11.8. The van der Waals surface area contributed by atoms with E-state index in [1.54, 1.807) is 19.1 Å². The standard InChI is InChI=1S/C15H16N2O4/c1-9(7-10(2)18)17-14(20)13(16-15(17)21)8-11-3-5-12(19)6-4-11/h3-6,8-9,19H,7H2,1-2H3,(H,16,21)/b13-8-. The number of urea groups is 1. The fraction of sp³-hybridized carbons (Fsp3) is 0.267. The van der Waals surface area contributed by atoms with Crippen molar-refractivity contribution < 1.29 is 19.5 Å². The zero-order valence-corrected chi connectivity index (χ0v) is 11.8. The normalized spacial score (nSPS) is 18.0. The highest BCUT2D eigenvalue weighted by atomic mass is 16.3. The van der Waals surface area contributed by atoms with Gasteiger partial charge in [-0.25, -0.2) is 4.79 Å². The summed E-state index contributed by atoms with van der Waals surface area (Å²) in [5, 5.41) is 11.7. The molecule has 1 aliphatic heterocycles. The molecule has 0 saturated carbocycles. The molecule has 1 atom stereocenters. The van der Waals surface area contributed by atoms with Gasteiger partial charge in [-0.05, 0) is 37.6 Å². The van der Waals surface area contributed by atoms with Crippen molar-refractivity contribution in [2.24, 2.45) is 0 Å². The summed E-state index contributed by atoms with van der Waals surface area (Å²) >= 11 is 0. The van der Waals surface area contributed by atoms with E-state index < -0.39 is 18.0 Å². The second-order valence-electron chi connectivity index (χ2n) is 5.01. The van der Waals surface area contributed by atoms with Crippen LogP contribution in [0.25, 0.3) is 6.08 Å². The lowest BCUT2D eigenvalue weighted by Crippen LogP contribution is -2.39. The SMILES string of the molecule is CC(=O)CC(C)N1C(=O)N/C(=C\c2ccc(O)cc2)C1=O. The number of amides is 3. The van der Waals surface area contributed by atoms with Crippen LogP contribution >= 0.6 is 0 Å². The topological polar surface area (TPSA) is 86.7 Å². The molecule has 1 aromatic carbocycles. The van der Waals surface area contributed by atoms with Crippen molar-refractivity contribution in [2.45, 2.75) is 26.3 Å². The molecule has 1 aromatic rings. The molecule has 3 amide bonds. The maximum Gasteiger partial charge on any atom is 0.329 e. The third-order valence-electron chi connectivity index (χ3n) is 3.14. The summed E-state index contributed by atoms with van der Waals surface area (Å²) in [5.41, 5.74) is 0.832. The summed E-state index contributed by atoms with van der Waals surface area (Å²) < 4.78 is 0. The smallest absolute Gasteiger partial charge is 0.329 e. The van der Waals surface area contributed by atoms with Gasteiger partial charge in [0.1, 0.15) is 17.2 Å². The number of Topliss-reactive ketones (excluding diaryl/α,β-unsaturated/α-hetero) is 1. The minimum absolute atomic E-state index is 0.0842. The lowest BCUT2D eigenvalue weighted by Gasteiger charge is -2.19. The first-order chi connectivity index (χ1) is 9.88. The lowest BCUT2D eigenvalue weighted by atomic mass is 10.1. The van der Waals surface area contributed by atoms with Gasteiger partial charge in [0.05, 0.1) is 0 Å². The average molecular weight is 288 g/mol. The van der Waals surface area contributed by atoms with Crippen LogP contribution in [0.4, 0.5) is 4.79 Å². The average Bonchev–Trinajstić information content (AvgIpc) is 2.66. The minimum Gasteiger partial charge on any atom is -0.508 e. The highest BCUT2D eigenvalue weighted by Crippen LogP contribution is 2.19. The quantitative estimate of drug-likeness (QED) is 0.651. The molecule has 0 bridgehead atoms. The van der Waals surface area contributed by atoms with Crippen molar-refractivity contribution in [3.05, 3.63) is 35.5 Å². The van der Waals surface area contributed by atoms with Gasteiger partial charge in [0.25, 0.3) is 5.91 Å². The molecule has 1 fully saturated rings. The van der Waals surface area contributed by atoms with E-state index in [2.05, 4.69) is 5.32 Å². The van der Waals surface area contributed by atoms with E-state index in [1.165, 1.54) is 25.1 Å². The molecule has 6 nitrogen and oxygen atoms in total. The van der Waals surface area contributed by atoms with Crippen LogP contribution in [0.1, 0.15) is 25.8 Å². The molecule has 21 heavy (non-hydrogen) atoms. The Morgan fingerprint density at radius 3 is 2.52 bits per heavy atom. The van der Waals surface area contributed by atoms with Crippen LogP contribution in [-0.4, -0.2) is 33.8 Å². The Hall–Kier alpha value is -2.63. The summed E-state index contributed by atoms with van der Waals surface area (Å²) in [7, 11) is 0. The van der Waals surface area contributed by atoms with Crippen molar-refractivity contribution in [2.75, 3.05) is 0 Å². The van der Waals surface area contributed by atoms with Crippen LogP contribution in [0.3, 0.4) is 0 Å². The van der Waals surface area contributed by atoms with Crippen molar-refractivity contribution >= 4 is 23.8 Å². The van der Waals surface area contributed by atoms with Crippen molar-refractivity contribution in [3.8, 4) is 5.75 Å². The number of hydrogen-bond donors (Lipinski definition) is 2. The van der Waals surface area contributed by atoms with E-state index in [9.17, 15) is 19.5 Å². The summed E-state index contributed by atoms with van der Waals surface area (Å²) in [6, 6.07) is 5.22. The number of aromatic hydroxyl groups is 1. The van der Waals surface area contributed by atoms with Gasteiger partial charge in [0.2, 0.25) is 0 Å². The van der Waals surface area contributed by atoms with Gasteiger partial charge in [-0.3, -0.25) is 14.5 Å². The van der Waals surface area contributed by atoms with Gasteiger partial charge in [-0.15, -0.1) is 0 Å². The third-order valence-corrected chi connectivity index (χ3v) is 3.14. The lowest BCUT2D eigenvalue weighted by molar-refractivity contribution is -0.125. The molecule has 1 saturated heterocycles. The first kappa shape index (κ1) is 14.8. The molecule has 2 rings (SSSR count). The number of hydrogen-bond acceptors (Lipinski definition) is 4. The third kappa shape index (κ3) is 3.28. The van der Waals surface area contributed by atoms with Crippen LogP contribution < -0.4 is 5.32 Å². The first-order valence-electron chi connectivity index (χ1n) is 6.53.